The second kappa shape index (κ2) is 13.4. The molecule has 1 aliphatic rings. The predicted octanol–water partition coefficient (Wildman–Crippen LogP) is 5.32. The van der Waals surface area contributed by atoms with Crippen molar-refractivity contribution in [3.63, 3.8) is 0 Å². The Morgan fingerprint density at radius 3 is 2.02 bits per heavy atom. The maximum absolute atomic E-state index is 13.6. The first kappa shape index (κ1) is 31.1. The number of hydrogen-bond donors (Lipinski definition) is 0. The van der Waals surface area contributed by atoms with E-state index in [1.807, 2.05) is 4.90 Å². The summed E-state index contributed by atoms with van der Waals surface area (Å²) >= 11 is 0. The second-order valence-electron chi connectivity index (χ2n) is 9.79. The molecule has 1 aliphatic heterocycles. The van der Waals surface area contributed by atoms with Gasteiger partial charge < -0.3 is 19.0 Å². The summed E-state index contributed by atoms with van der Waals surface area (Å²) in [5, 5.41) is 0. The van der Waals surface area contributed by atoms with Crippen LogP contribution in [0.5, 0.6) is 0 Å². The van der Waals surface area contributed by atoms with Gasteiger partial charge in [-0.1, -0.05) is 30.3 Å². The van der Waals surface area contributed by atoms with Crippen LogP contribution in [0.15, 0.2) is 71.3 Å². The molecule has 0 aliphatic carbocycles. The summed E-state index contributed by atoms with van der Waals surface area (Å²) in [5.74, 6) is -1.22. The number of alkyl halides is 6. The smallest absolute Gasteiger partial charge is 0.416 e. The average Bonchev–Trinajstić information content (AvgIpc) is 3.47. The molecule has 4 rings (SSSR count). The van der Waals surface area contributed by atoms with Gasteiger partial charge >= 0.3 is 12.4 Å². The van der Waals surface area contributed by atoms with Crippen LogP contribution in [0.1, 0.15) is 32.8 Å². The van der Waals surface area contributed by atoms with Crippen LogP contribution < -0.4 is 0 Å². The van der Waals surface area contributed by atoms with Gasteiger partial charge in [0.1, 0.15) is 12.3 Å². The zero-order valence-corrected chi connectivity index (χ0v) is 22.5. The molecule has 0 radical (unpaired) electrons. The normalized spacial score (nSPS) is 14.5. The molecule has 2 heterocycles. The SMILES string of the molecule is O=C(CN(CCN1CCOCC1)C(=O)c1cc(C(F)(F)F)cc(C(F)(F)F)c1)N(Cc1ccccc1)Cc1ccco1. The third kappa shape index (κ3) is 8.58. The highest BCUT2D eigenvalue weighted by Gasteiger charge is 2.38. The van der Waals surface area contributed by atoms with Gasteiger partial charge in [-0.25, -0.2) is 0 Å². The quantitative estimate of drug-likeness (QED) is 0.296. The summed E-state index contributed by atoms with van der Waals surface area (Å²) in [6.07, 6.45) is -8.81. The van der Waals surface area contributed by atoms with Crippen LogP contribution in [0.4, 0.5) is 26.3 Å². The zero-order chi connectivity index (χ0) is 30.3. The maximum atomic E-state index is 13.6. The highest BCUT2D eigenvalue weighted by Crippen LogP contribution is 2.36. The maximum Gasteiger partial charge on any atom is 0.416 e. The van der Waals surface area contributed by atoms with Crippen LogP contribution in [0.3, 0.4) is 0 Å². The third-order valence-corrected chi connectivity index (χ3v) is 6.73. The van der Waals surface area contributed by atoms with E-state index in [1.165, 1.54) is 11.2 Å². The minimum absolute atomic E-state index is 0.0357. The molecule has 0 bridgehead atoms. The summed E-state index contributed by atoms with van der Waals surface area (Å²) in [4.78, 5) is 31.5. The molecule has 42 heavy (non-hydrogen) atoms. The number of carbonyl (C=O) groups is 2. The second-order valence-corrected chi connectivity index (χ2v) is 9.79. The minimum Gasteiger partial charge on any atom is -0.467 e. The predicted molar refractivity (Wildman–Crippen MR) is 139 cm³/mol. The van der Waals surface area contributed by atoms with E-state index in [9.17, 15) is 35.9 Å². The van der Waals surface area contributed by atoms with E-state index in [4.69, 9.17) is 9.15 Å². The Balaban J connectivity index is 1.64. The van der Waals surface area contributed by atoms with Gasteiger partial charge in [-0.3, -0.25) is 14.5 Å². The van der Waals surface area contributed by atoms with Gasteiger partial charge in [0.25, 0.3) is 5.91 Å². The van der Waals surface area contributed by atoms with E-state index in [0.717, 1.165) is 10.5 Å². The van der Waals surface area contributed by atoms with Gasteiger partial charge in [0, 0.05) is 38.3 Å². The van der Waals surface area contributed by atoms with Crippen LogP contribution in [0, 0.1) is 0 Å². The number of rotatable bonds is 10. The molecule has 7 nitrogen and oxygen atoms in total. The molecular formula is C29H29F6N3O4. The Morgan fingerprint density at radius 2 is 1.45 bits per heavy atom. The molecule has 0 N–H and O–H groups in total. The summed E-state index contributed by atoms with van der Waals surface area (Å²) in [6.45, 7) is 1.64. The molecule has 1 saturated heterocycles. The van der Waals surface area contributed by atoms with E-state index >= 15 is 0 Å². The highest BCUT2D eigenvalue weighted by molar-refractivity contribution is 5.97. The van der Waals surface area contributed by atoms with Gasteiger partial charge in [0.2, 0.25) is 5.91 Å². The fourth-order valence-electron chi connectivity index (χ4n) is 4.49. The molecule has 0 unspecified atom stereocenters. The zero-order valence-electron chi connectivity index (χ0n) is 22.5. The Labute approximate surface area is 238 Å². The number of ether oxygens (including phenoxy) is 1. The van der Waals surface area contributed by atoms with Crippen molar-refractivity contribution in [2.45, 2.75) is 25.4 Å². The molecule has 1 aromatic heterocycles. The van der Waals surface area contributed by atoms with E-state index < -0.39 is 47.4 Å². The minimum atomic E-state index is -5.12. The van der Waals surface area contributed by atoms with Crippen molar-refractivity contribution in [1.29, 1.82) is 0 Å². The van der Waals surface area contributed by atoms with Crippen LogP contribution in [0.2, 0.25) is 0 Å². The molecule has 0 saturated carbocycles. The fraction of sp³-hybridized carbons (Fsp3) is 0.379. The first-order chi connectivity index (χ1) is 19.9. The van der Waals surface area contributed by atoms with Crippen molar-refractivity contribution in [3.8, 4) is 0 Å². The van der Waals surface area contributed by atoms with Crippen molar-refractivity contribution >= 4 is 11.8 Å². The van der Waals surface area contributed by atoms with Crippen molar-refractivity contribution in [3.05, 3.63) is 94.9 Å². The van der Waals surface area contributed by atoms with Crippen molar-refractivity contribution in [2.75, 3.05) is 45.9 Å². The summed E-state index contributed by atoms with van der Waals surface area (Å²) in [6, 6.07) is 13.0. The van der Waals surface area contributed by atoms with Gasteiger partial charge in [-0.05, 0) is 35.9 Å². The molecule has 2 aromatic carbocycles. The number of hydrogen-bond acceptors (Lipinski definition) is 5. The Morgan fingerprint density at radius 1 is 0.810 bits per heavy atom. The van der Waals surface area contributed by atoms with Crippen molar-refractivity contribution in [1.82, 2.24) is 14.7 Å². The third-order valence-electron chi connectivity index (χ3n) is 6.73. The lowest BCUT2D eigenvalue weighted by Crippen LogP contribution is -2.47. The van der Waals surface area contributed by atoms with E-state index in [-0.39, 0.29) is 32.2 Å². The van der Waals surface area contributed by atoms with Crippen LogP contribution >= 0.6 is 0 Å². The lowest BCUT2D eigenvalue weighted by Gasteiger charge is -2.31. The van der Waals surface area contributed by atoms with E-state index in [1.54, 1.807) is 42.5 Å². The lowest BCUT2D eigenvalue weighted by molar-refractivity contribution is -0.143. The topological polar surface area (TPSA) is 66.2 Å². The number of halogens is 6. The van der Waals surface area contributed by atoms with Gasteiger partial charge in [-0.2, -0.15) is 26.3 Å². The number of nitrogens with zero attached hydrogens (tertiary/aromatic N) is 3. The molecule has 1 fully saturated rings. The molecule has 226 valence electrons. The van der Waals surface area contributed by atoms with Crippen LogP contribution in [0.25, 0.3) is 0 Å². The molecule has 3 aromatic rings. The number of amides is 2. The summed E-state index contributed by atoms with van der Waals surface area (Å²) in [5.41, 5.74) is -3.25. The van der Waals surface area contributed by atoms with Gasteiger partial charge in [0.15, 0.2) is 0 Å². The standard InChI is InChI=1S/C29H29F6N3O4/c30-28(31,32)23-15-22(16-24(17-23)29(33,34)35)27(40)37(9-8-36-10-13-41-14-11-36)20-26(39)38(19-25-7-4-12-42-25)18-21-5-2-1-3-6-21/h1-7,12,15-17H,8-11,13-14,18-20H2. The molecule has 13 heteroatoms. The van der Waals surface area contributed by atoms with Gasteiger partial charge in [-0.15, -0.1) is 0 Å². The summed E-state index contributed by atoms with van der Waals surface area (Å²) in [7, 11) is 0. The number of carbonyl (C=O) groups excluding carboxylic acids is 2. The van der Waals surface area contributed by atoms with Crippen molar-refractivity contribution < 1.29 is 45.1 Å². The molecule has 0 atom stereocenters. The number of benzene rings is 2. The Bertz CT molecular complexity index is 1290. The Kier molecular flexibility index (Phi) is 9.94. The largest absolute Gasteiger partial charge is 0.467 e. The Hall–Kier alpha value is -3.84. The summed E-state index contributed by atoms with van der Waals surface area (Å²) < 4.78 is 91.8. The first-order valence-electron chi connectivity index (χ1n) is 13.1. The number of morpholine rings is 1. The van der Waals surface area contributed by atoms with Crippen LogP contribution in [-0.4, -0.2) is 72.5 Å². The monoisotopic (exact) mass is 597 g/mol. The van der Waals surface area contributed by atoms with Gasteiger partial charge in [0.05, 0.1) is 37.1 Å². The van der Waals surface area contributed by atoms with Crippen molar-refractivity contribution in [2.24, 2.45) is 0 Å². The van der Waals surface area contributed by atoms with Crippen LogP contribution in [-0.2, 0) is 35.0 Å². The number of furan rings is 1. The highest BCUT2D eigenvalue weighted by atomic mass is 19.4. The first-order valence-corrected chi connectivity index (χ1v) is 13.1. The van der Waals surface area contributed by atoms with E-state index in [2.05, 4.69) is 0 Å². The molecular weight excluding hydrogens is 568 g/mol. The fourth-order valence-corrected chi connectivity index (χ4v) is 4.49. The molecule has 0 spiro atoms. The average molecular weight is 598 g/mol. The van der Waals surface area contributed by atoms with E-state index in [0.29, 0.717) is 44.2 Å². The lowest BCUT2D eigenvalue weighted by atomic mass is 10.0. The molecule has 2 amide bonds.